The normalized spacial score (nSPS) is 24.5. The molecule has 2 saturated heterocycles. The average Bonchev–Trinajstić information content (AvgIpc) is 3.24. The lowest BCUT2D eigenvalue weighted by Crippen LogP contribution is -2.34. The van der Waals surface area contributed by atoms with Crippen LogP contribution in [-0.4, -0.2) is 45.4 Å². The van der Waals surface area contributed by atoms with E-state index >= 15 is 0 Å². The highest BCUT2D eigenvalue weighted by Crippen LogP contribution is 2.40. The van der Waals surface area contributed by atoms with Crippen LogP contribution in [0.15, 0.2) is 41.1 Å². The molecule has 3 rings (SSSR count). The molecule has 0 bridgehead atoms. The summed E-state index contributed by atoms with van der Waals surface area (Å²) in [6.45, 7) is 6.24. The lowest BCUT2D eigenvalue weighted by atomic mass is 10.2. The summed E-state index contributed by atoms with van der Waals surface area (Å²) in [6, 6.07) is 5.33. The van der Waals surface area contributed by atoms with E-state index in [-0.39, 0.29) is 4.90 Å². The minimum atomic E-state index is -4.12. The van der Waals surface area contributed by atoms with Gasteiger partial charge in [-0.2, -0.15) is 0 Å². The first-order chi connectivity index (χ1) is 16.1. The number of halogens is 1. The molecule has 0 radical (unpaired) electrons. The number of sulfonamides is 1. The summed E-state index contributed by atoms with van der Waals surface area (Å²) in [5.41, 5.74) is 2.29. The fourth-order valence-electron chi connectivity index (χ4n) is 3.57. The Kier molecular flexibility index (Phi) is 9.05. The monoisotopic (exact) mass is 518 g/mol. The summed E-state index contributed by atoms with van der Waals surface area (Å²) < 4.78 is 49.7. The van der Waals surface area contributed by atoms with E-state index in [4.69, 9.17) is 35.4 Å². The summed E-state index contributed by atoms with van der Waals surface area (Å²) in [7, 11) is -4.12. The van der Waals surface area contributed by atoms with E-state index in [9.17, 15) is 13.2 Å². The van der Waals surface area contributed by atoms with Crippen LogP contribution in [0.3, 0.4) is 0 Å². The van der Waals surface area contributed by atoms with E-state index in [2.05, 4.69) is 12.4 Å². The fourth-order valence-corrected chi connectivity index (χ4v) is 4.57. The zero-order valence-corrected chi connectivity index (χ0v) is 21.0. The maximum Gasteiger partial charge on any atom is 0.445 e. The van der Waals surface area contributed by atoms with Crippen LogP contribution in [-0.2, 0) is 33.8 Å². The molecule has 2 aliphatic heterocycles. The third kappa shape index (κ3) is 7.22. The van der Waals surface area contributed by atoms with Gasteiger partial charge < -0.3 is 23.8 Å². The van der Waals surface area contributed by atoms with Crippen LogP contribution in [0.4, 0.5) is 4.79 Å². The number of carbonyl (C=O) groups excluding carboxylic acids is 1. The largest absolute Gasteiger partial charge is 0.462 e. The molecule has 0 aromatic heterocycles. The van der Waals surface area contributed by atoms with Crippen LogP contribution < -0.4 is 10.2 Å². The number of fused-ring (bicyclic) bond motifs is 1. The Labute approximate surface area is 204 Å². The molecule has 12 heteroatoms. The van der Waals surface area contributed by atoms with Crippen LogP contribution in [0, 0.1) is 0 Å². The summed E-state index contributed by atoms with van der Waals surface area (Å²) in [5.74, 6) is -0.536. The Bertz CT molecular complexity index is 968. The van der Waals surface area contributed by atoms with Gasteiger partial charge in [-0.1, -0.05) is 44.2 Å². The quantitative estimate of drug-likeness (QED) is 0.331. The molecule has 0 aliphatic carbocycles. The minimum Gasteiger partial charge on any atom is -0.462 e. The molecular weight excluding hydrogens is 488 g/mol. The lowest BCUT2D eigenvalue weighted by Gasteiger charge is -2.22. The molecule has 1 aromatic carbocycles. The third-order valence-electron chi connectivity index (χ3n) is 5.15. The van der Waals surface area contributed by atoms with Crippen molar-refractivity contribution in [2.75, 3.05) is 6.61 Å². The first-order valence-electron chi connectivity index (χ1n) is 11.2. The summed E-state index contributed by atoms with van der Waals surface area (Å²) in [6.07, 6.45) is 3.81. The topological polar surface area (TPSA) is 121 Å². The SMILES string of the molecule is CCCCCCCO[C@H]1OC(=CNOC(=O)NS(=O)(=O)c2ccc(Cl)cc2)[C@@H]2OC(C)(C)O[C@H]12. The maximum absolute atomic E-state index is 12.2. The zero-order chi connectivity index (χ0) is 24.8. The zero-order valence-electron chi connectivity index (χ0n) is 19.4. The number of carbonyl (C=O) groups is 1. The molecule has 2 heterocycles. The molecule has 0 unspecified atom stereocenters. The Hall–Kier alpha value is -2.05. The van der Waals surface area contributed by atoms with Gasteiger partial charge >= 0.3 is 6.09 Å². The second kappa shape index (κ2) is 11.6. The molecule has 1 aromatic rings. The van der Waals surface area contributed by atoms with E-state index in [1.54, 1.807) is 18.6 Å². The molecule has 10 nitrogen and oxygen atoms in total. The molecule has 3 atom stereocenters. The number of nitrogens with one attached hydrogen (secondary N) is 2. The van der Waals surface area contributed by atoms with Crippen molar-refractivity contribution < 1.29 is 37.0 Å². The van der Waals surface area contributed by atoms with Crippen LogP contribution in [0.5, 0.6) is 0 Å². The van der Waals surface area contributed by atoms with E-state index in [1.165, 1.54) is 43.3 Å². The minimum absolute atomic E-state index is 0.136. The number of amides is 1. The van der Waals surface area contributed by atoms with Gasteiger partial charge in [0.2, 0.25) is 6.29 Å². The fraction of sp³-hybridized carbons (Fsp3) is 0.591. The molecule has 34 heavy (non-hydrogen) atoms. The number of ether oxygens (including phenoxy) is 4. The first-order valence-corrected chi connectivity index (χ1v) is 13.1. The average molecular weight is 519 g/mol. The second-order valence-electron chi connectivity index (χ2n) is 8.41. The van der Waals surface area contributed by atoms with Crippen LogP contribution in [0.2, 0.25) is 5.02 Å². The maximum atomic E-state index is 12.2. The summed E-state index contributed by atoms with van der Waals surface area (Å²) >= 11 is 5.75. The van der Waals surface area contributed by atoms with Crippen molar-refractivity contribution in [3.05, 3.63) is 41.2 Å². The van der Waals surface area contributed by atoms with Gasteiger partial charge in [-0.25, -0.2) is 23.4 Å². The molecule has 190 valence electrons. The Balaban J connectivity index is 1.52. The van der Waals surface area contributed by atoms with E-state index in [0.29, 0.717) is 17.4 Å². The molecule has 2 fully saturated rings. The van der Waals surface area contributed by atoms with Gasteiger partial charge in [-0.05, 0) is 44.5 Å². The highest BCUT2D eigenvalue weighted by atomic mass is 35.5. The Morgan fingerprint density at radius 2 is 1.85 bits per heavy atom. The molecule has 2 aliphatic rings. The molecular formula is C22H31ClN2O8S. The van der Waals surface area contributed by atoms with Gasteiger partial charge in [0.15, 0.2) is 23.8 Å². The van der Waals surface area contributed by atoms with Gasteiger partial charge in [0.1, 0.15) is 0 Å². The number of hydroxylamine groups is 1. The van der Waals surface area contributed by atoms with Crippen LogP contribution >= 0.6 is 11.6 Å². The van der Waals surface area contributed by atoms with Gasteiger partial charge in [0.25, 0.3) is 10.0 Å². The van der Waals surface area contributed by atoms with Crippen molar-refractivity contribution in [2.24, 2.45) is 0 Å². The predicted molar refractivity (Wildman–Crippen MR) is 123 cm³/mol. The first kappa shape index (κ1) is 26.6. The molecule has 0 spiro atoms. The number of unbranched alkanes of at least 4 members (excludes halogenated alkanes) is 4. The third-order valence-corrected chi connectivity index (χ3v) is 6.73. The molecule has 2 N–H and O–H groups in total. The number of hydrogen-bond donors (Lipinski definition) is 2. The number of rotatable bonds is 11. The van der Waals surface area contributed by atoms with Crippen molar-refractivity contribution in [1.29, 1.82) is 0 Å². The van der Waals surface area contributed by atoms with Gasteiger partial charge in [0.05, 0.1) is 17.7 Å². The van der Waals surface area contributed by atoms with E-state index in [1.807, 2.05) is 0 Å². The standard InChI is InChI=1S/C22H31ClN2O8S/c1-4-5-6-7-8-13-29-20-19-18(31-22(2,3)32-19)17(30-20)14-24-33-21(26)25-34(27,28)16-11-9-15(23)10-12-16/h9-12,14,18-20,24H,4-8,13H2,1-3H3,(H,25,26)/t18-,19-,20-/m0/s1. The second-order valence-corrected chi connectivity index (χ2v) is 10.5. The van der Waals surface area contributed by atoms with Crippen molar-refractivity contribution in [1.82, 2.24) is 10.2 Å². The Morgan fingerprint density at radius 1 is 1.15 bits per heavy atom. The highest BCUT2D eigenvalue weighted by Gasteiger charge is 2.54. The van der Waals surface area contributed by atoms with Crippen molar-refractivity contribution in [3.8, 4) is 0 Å². The van der Waals surface area contributed by atoms with Gasteiger partial charge in [-0.3, -0.25) is 0 Å². The molecule has 0 saturated carbocycles. The van der Waals surface area contributed by atoms with E-state index in [0.717, 1.165) is 19.3 Å². The van der Waals surface area contributed by atoms with Gasteiger partial charge in [-0.15, -0.1) is 0 Å². The Morgan fingerprint density at radius 3 is 2.56 bits per heavy atom. The molecule has 1 amide bonds. The highest BCUT2D eigenvalue weighted by molar-refractivity contribution is 7.90. The van der Waals surface area contributed by atoms with Crippen LogP contribution in [0.1, 0.15) is 52.9 Å². The van der Waals surface area contributed by atoms with Gasteiger partial charge in [0, 0.05) is 5.02 Å². The van der Waals surface area contributed by atoms with Crippen molar-refractivity contribution in [3.63, 3.8) is 0 Å². The van der Waals surface area contributed by atoms with Crippen molar-refractivity contribution >= 4 is 27.7 Å². The predicted octanol–water partition coefficient (Wildman–Crippen LogP) is 3.96. The number of hydrogen-bond acceptors (Lipinski definition) is 9. The van der Waals surface area contributed by atoms with Crippen molar-refractivity contribution in [2.45, 2.75) is 82.1 Å². The lowest BCUT2D eigenvalue weighted by molar-refractivity contribution is -0.208. The number of benzene rings is 1. The summed E-state index contributed by atoms with van der Waals surface area (Å²) in [5, 5.41) is 0.366. The smallest absolute Gasteiger partial charge is 0.445 e. The van der Waals surface area contributed by atoms with E-state index < -0.39 is 40.4 Å². The van der Waals surface area contributed by atoms with Crippen LogP contribution in [0.25, 0.3) is 0 Å². The summed E-state index contributed by atoms with van der Waals surface area (Å²) in [4.78, 5) is 16.6.